The van der Waals surface area contributed by atoms with E-state index in [1.807, 2.05) is 62.5 Å². The summed E-state index contributed by atoms with van der Waals surface area (Å²) >= 11 is 0. The molecule has 152 valence electrons. The third-order valence-electron chi connectivity index (χ3n) is 4.73. The number of aryl methyl sites for hydroxylation is 2. The van der Waals surface area contributed by atoms with E-state index in [4.69, 9.17) is 9.47 Å². The number of rotatable bonds is 6. The zero-order chi connectivity index (χ0) is 21.1. The fraction of sp³-hybridized carbons (Fsp3) is 0.174. The van der Waals surface area contributed by atoms with Gasteiger partial charge in [-0.15, -0.1) is 0 Å². The van der Waals surface area contributed by atoms with Gasteiger partial charge in [0.25, 0.3) is 5.91 Å². The fourth-order valence-corrected chi connectivity index (χ4v) is 3.38. The van der Waals surface area contributed by atoms with Crippen LogP contribution in [0, 0.1) is 6.92 Å². The van der Waals surface area contributed by atoms with E-state index in [0.29, 0.717) is 23.0 Å². The third kappa shape index (κ3) is 3.96. The molecule has 30 heavy (non-hydrogen) atoms. The average Bonchev–Trinajstić information content (AvgIpc) is 3.06. The monoisotopic (exact) mass is 402 g/mol. The summed E-state index contributed by atoms with van der Waals surface area (Å²) in [5.41, 5.74) is 4.23. The molecule has 7 heteroatoms. The number of hydrogen-bond acceptors (Lipinski definition) is 5. The molecule has 0 saturated heterocycles. The number of nitrogens with one attached hydrogen (secondary N) is 1. The van der Waals surface area contributed by atoms with E-state index in [2.05, 4.69) is 15.4 Å². The Bertz CT molecular complexity index is 1200. The average molecular weight is 402 g/mol. The highest BCUT2D eigenvalue weighted by Crippen LogP contribution is 2.32. The maximum Gasteiger partial charge on any atom is 0.262 e. The first kappa shape index (κ1) is 19.4. The molecule has 0 spiro atoms. The number of ether oxygens (including phenoxy) is 2. The van der Waals surface area contributed by atoms with Crippen molar-refractivity contribution in [1.29, 1.82) is 0 Å². The number of fused-ring (bicyclic) bond motifs is 1. The fourth-order valence-electron chi connectivity index (χ4n) is 3.38. The molecule has 0 aliphatic heterocycles. The first-order valence-corrected chi connectivity index (χ1v) is 9.51. The molecule has 2 aromatic heterocycles. The highest BCUT2D eigenvalue weighted by Gasteiger charge is 2.16. The molecule has 0 unspecified atom stereocenters. The second-order valence-electron chi connectivity index (χ2n) is 6.85. The summed E-state index contributed by atoms with van der Waals surface area (Å²) in [6, 6.07) is 19.0. The van der Waals surface area contributed by atoms with Crippen LogP contribution in [0.5, 0.6) is 11.6 Å². The summed E-state index contributed by atoms with van der Waals surface area (Å²) in [4.78, 5) is 16.9. The minimum absolute atomic E-state index is 0.166. The van der Waals surface area contributed by atoms with Gasteiger partial charge in [-0.3, -0.25) is 9.48 Å². The SMILES string of the molecule is COc1cccc(NC(=O)COc2cc(-c3ccccc3)c3c(C)nn(C)c3n2)c1. The number of carbonyl (C=O) groups is 1. The van der Waals surface area contributed by atoms with Crippen LogP contribution >= 0.6 is 0 Å². The van der Waals surface area contributed by atoms with Crippen molar-refractivity contribution in [3.05, 3.63) is 66.4 Å². The Morgan fingerprint density at radius 3 is 2.67 bits per heavy atom. The number of carbonyl (C=O) groups excluding carboxylic acids is 1. The number of amides is 1. The van der Waals surface area contributed by atoms with Crippen LogP contribution in [-0.2, 0) is 11.8 Å². The van der Waals surface area contributed by atoms with Gasteiger partial charge in [-0.1, -0.05) is 36.4 Å². The lowest BCUT2D eigenvalue weighted by molar-refractivity contribution is -0.118. The second kappa shape index (κ2) is 8.24. The molecule has 4 rings (SSSR count). The van der Waals surface area contributed by atoms with Crippen molar-refractivity contribution in [2.24, 2.45) is 7.05 Å². The van der Waals surface area contributed by atoms with Gasteiger partial charge in [-0.2, -0.15) is 10.1 Å². The van der Waals surface area contributed by atoms with Crippen LogP contribution in [0.1, 0.15) is 5.69 Å². The number of hydrogen-bond donors (Lipinski definition) is 1. The summed E-state index contributed by atoms with van der Waals surface area (Å²) in [5, 5.41) is 8.26. The normalized spacial score (nSPS) is 10.8. The second-order valence-corrected chi connectivity index (χ2v) is 6.85. The summed E-state index contributed by atoms with van der Waals surface area (Å²) < 4.78 is 12.6. The Morgan fingerprint density at radius 1 is 1.10 bits per heavy atom. The predicted molar refractivity (Wildman–Crippen MR) is 116 cm³/mol. The first-order valence-electron chi connectivity index (χ1n) is 9.51. The molecular formula is C23H22N4O3. The largest absolute Gasteiger partial charge is 0.497 e. The summed E-state index contributed by atoms with van der Waals surface area (Å²) in [5.74, 6) is 0.748. The van der Waals surface area contributed by atoms with Crippen molar-refractivity contribution < 1.29 is 14.3 Å². The maximum atomic E-state index is 12.4. The van der Waals surface area contributed by atoms with Gasteiger partial charge >= 0.3 is 0 Å². The Hall–Kier alpha value is -3.87. The van der Waals surface area contributed by atoms with Crippen LogP contribution < -0.4 is 14.8 Å². The van der Waals surface area contributed by atoms with Gasteiger partial charge in [-0.05, 0) is 30.2 Å². The third-order valence-corrected chi connectivity index (χ3v) is 4.73. The van der Waals surface area contributed by atoms with Crippen molar-refractivity contribution >= 4 is 22.6 Å². The molecule has 0 fully saturated rings. The molecule has 0 aliphatic rings. The Labute approximate surface area is 174 Å². The van der Waals surface area contributed by atoms with Crippen LogP contribution in [0.3, 0.4) is 0 Å². The van der Waals surface area contributed by atoms with E-state index >= 15 is 0 Å². The molecule has 4 aromatic rings. The van der Waals surface area contributed by atoms with Crippen LogP contribution in [0.15, 0.2) is 60.7 Å². The Kier molecular flexibility index (Phi) is 5.34. The van der Waals surface area contributed by atoms with Gasteiger partial charge in [0.15, 0.2) is 12.3 Å². The Morgan fingerprint density at radius 2 is 1.90 bits per heavy atom. The molecule has 2 heterocycles. The molecule has 0 aliphatic carbocycles. The van der Waals surface area contributed by atoms with Gasteiger partial charge in [0, 0.05) is 24.9 Å². The molecule has 0 saturated carbocycles. The lowest BCUT2D eigenvalue weighted by Gasteiger charge is -2.10. The molecule has 1 amide bonds. The molecule has 2 aromatic carbocycles. The van der Waals surface area contributed by atoms with E-state index in [1.54, 1.807) is 23.9 Å². The van der Waals surface area contributed by atoms with Crippen molar-refractivity contribution in [2.45, 2.75) is 6.92 Å². The topological polar surface area (TPSA) is 78.3 Å². The predicted octanol–water partition coefficient (Wildman–Crippen LogP) is 3.97. The van der Waals surface area contributed by atoms with Crippen LogP contribution in [0.25, 0.3) is 22.2 Å². The standard InChI is InChI=1S/C23H22N4O3/c1-15-22-19(16-8-5-4-6-9-16)13-21(25-23(22)27(2)26-15)30-14-20(28)24-17-10-7-11-18(12-17)29-3/h4-13H,14H2,1-3H3,(H,24,28). The first-order chi connectivity index (χ1) is 14.5. The van der Waals surface area contributed by atoms with Gasteiger partial charge < -0.3 is 14.8 Å². The number of aromatic nitrogens is 3. The van der Waals surface area contributed by atoms with Crippen LogP contribution in [0.4, 0.5) is 5.69 Å². The number of pyridine rings is 1. The maximum absolute atomic E-state index is 12.4. The van der Waals surface area contributed by atoms with Gasteiger partial charge in [0.2, 0.25) is 5.88 Å². The van der Waals surface area contributed by atoms with Gasteiger partial charge in [-0.25, -0.2) is 0 Å². The lowest BCUT2D eigenvalue weighted by atomic mass is 10.0. The highest BCUT2D eigenvalue weighted by atomic mass is 16.5. The minimum atomic E-state index is -0.285. The lowest BCUT2D eigenvalue weighted by Crippen LogP contribution is -2.20. The van der Waals surface area contributed by atoms with Crippen molar-refractivity contribution in [3.63, 3.8) is 0 Å². The Balaban J connectivity index is 1.58. The molecule has 0 radical (unpaired) electrons. The summed E-state index contributed by atoms with van der Waals surface area (Å²) in [7, 11) is 3.42. The quantitative estimate of drug-likeness (QED) is 0.528. The summed E-state index contributed by atoms with van der Waals surface area (Å²) in [6.45, 7) is 1.79. The molecule has 0 bridgehead atoms. The van der Waals surface area contributed by atoms with E-state index in [9.17, 15) is 4.79 Å². The smallest absolute Gasteiger partial charge is 0.262 e. The summed E-state index contributed by atoms with van der Waals surface area (Å²) in [6.07, 6.45) is 0. The zero-order valence-electron chi connectivity index (χ0n) is 17.0. The zero-order valence-corrected chi connectivity index (χ0v) is 17.0. The number of methoxy groups -OCH3 is 1. The number of anilines is 1. The van der Waals surface area contributed by atoms with E-state index < -0.39 is 0 Å². The number of benzene rings is 2. The van der Waals surface area contributed by atoms with Crippen molar-refractivity contribution in [1.82, 2.24) is 14.8 Å². The van der Waals surface area contributed by atoms with Gasteiger partial charge in [0.05, 0.1) is 18.2 Å². The minimum Gasteiger partial charge on any atom is -0.497 e. The molecule has 0 atom stereocenters. The van der Waals surface area contributed by atoms with E-state index in [0.717, 1.165) is 22.2 Å². The van der Waals surface area contributed by atoms with Crippen LogP contribution in [-0.4, -0.2) is 34.4 Å². The van der Waals surface area contributed by atoms with Crippen molar-refractivity contribution in [2.75, 3.05) is 19.0 Å². The van der Waals surface area contributed by atoms with Crippen LogP contribution in [0.2, 0.25) is 0 Å². The van der Waals surface area contributed by atoms with Crippen molar-refractivity contribution in [3.8, 4) is 22.8 Å². The van der Waals surface area contributed by atoms with E-state index in [-0.39, 0.29) is 12.5 Å². The number of nitrogens with zero attached hydrogens (tertiary/aromatic N) is 3. The molecule has 7 nitrogen and oxygen atoms in total. The highest BCUT2D eigenvalue weighted by molar-refractivity contribution is 5.96. The van der Waals surface area contributed by atoms with E-state index in [1.165, 1.54) is 0 Å². The molecule has 1 N–H and O–H groups in total. The van der Waals surface area contributed by atoms with Gasteiger partial charge in [0.1, 0.15) is 5.75 Å². The molecular weight excluding hydrogens is 380 g/mol.